The molecule has 0 N–H and O–H groups in total. The van der Waals surface area contributed by atoms with Gasteiger partial charge in [-0.2, -0.15) is 4.99 Å². The zero-order valence-corrected chi connectivity index (χ0v) is 16.8. The number of amides is 1. The molecule has 4 saturated carbocycles. The third-order valence-corrected chi connectivity index (χ3v) is 7.66. The smallest absolute Gasteiger partial charge is 0.248 e. The summed E-state index contributed by atoms with van der Waals surface area (Å²) in [6.07, 6.45) is 16.6. The molecule has 4 fully saturated rings. The van der Waals surface area contributed by atoms with Gasteiger partial charge in [0, 0.05) is 24.7 Å². The number of carbonyl (C=O) groups excluding carboxylic acids is 1. The Balaban J connectivity index is 1.32. The summed E-state index contributed by atoms with van der Waals surface area (Å²) in [6.45, 7) is 0.748. The van der Waals surface area contributed by atoms with E-state index in [-0.39, 0.29) is 11.3 Å². The van der Waals surface area contributed by atoms with Gasteiger partial charge in [0.1, 0.15) is 5.84 Å². The molecule has 4 aliphatic carbocycles. The van der Waals surface area contributed by atoms with Crippen LogP contribution in [-0.2, 0) is 11.3 Å². The number of carbonyl (C=O) groups is 1. The molecule has 4 heteroatoms. The summed E-state index contributed by atoms with van der Waals surface area (Å²) in [5.41, 5.74) is 2.36. The fourth-order valence-corrected chi connectivity index (χ4v) is 7.00. The summed E-state index contributed by atoms with van der Waals surface area (Å²) in [5, 5.41) is 0. The summed E-state index contributed by atoms with van der Waals surface area (Å²) >= 11 is 0. The van der Waals surface area contributed by atoms with Crippen LogP contribution in [0.15, 0.2) is 58.7 Å². The first-order chi connectivity index (χ1) is 14.2. The van der Waals surface area contributed by atoms with Crippen LogP contribution in [-0.4, -0.2) is 22.5 Å². The van der Waals surface area contributed by atoms with Gasteiger partial charge >= 0.3 is 0 Å². The highest BCUT2D eigenvalue weighted by atomic mass is 16.1. The Hall–Kier alpha value is -2.49. The zero-order chi connectivity index (χ0) is 19.4. The number of hydrogen-bond acceptors (Lipinski definition) is 2. The quantitative estimate of drug-likeness (QED) is 0.729. The predicted molar refractivity (Wildman–Crippen MR) is 114 cm³/mol. The molecule has 29 heavy (non-hydrogen) atoms. The average molecular weight is 386 g/mol. The molecule has 0 saturated heterocycles. The number of allylic oxidation sites excluding steroid dienone is 2. The molecular weight excluding hydrogens is 358 g/mol. The molecule has 7 rings (SSSR count). The van der Waals surface area contributed by atoms with Crippen LogP contribution in [0.4, 0.5) is 0 Å². The summed E-state index contributed by atoms with van der Waals surface area (Å²) in [7, 11) is 0. The monoisotopic (exact) mass is 385 g/mol. The molecule has 2 heterocycles. The molecule has 0 atom stereocenters. The molecule has 1 aromatic rings. The normalized spacial score (nSPS) is 35.3. The first-order valence-electron chi connectivity index (χ1n) is 11.1. The molecular formula is C25H27N3O. The first-order valence-corrected chi connectivity index (χ1v) is 11.1. The first kappa shape index (κ1) is 17.4. The van der Waals surface area contributed by atoms with Crippen molar-refractivity contribution in [3.05, 3.63) is 59.8 Å². The summed E-state index contributed by atoms with van der Waals surface area (Å²) in [6, 6.07) is 8.21. The minimum absolute atomic E-state index is 0.0184. The Morgan fingerprint density at radius 3 is 2.55 bits per heavy atom. The van der Waals surface area contributed by atoms with Crippen molar-refractivity contribution in [1.82, 2.24) is 4.90 Å². The lowest BCUT2D eigenvalue weighted by atomic mass is 9.49. The van der Waals surface area contributed by atoms with Crippen LogP contribution < -0.4 is 0 Å². The maximum absolute atomic E-state index is 13.2. The Bertz CT molecular complexity index is 948. The molecule has 0 spiro atoms. The number of amidine groups is 2. The van der Waals surface area contributed by atoms with E-state index in [0.29, 0.717) is 12.3 Å². The van der Waals surface area contributed by atoms with Gasteiger partial charge in [0.05, 0.1) is 0 Å². The number of hydrogen-bond donors (Lipinski definition) is 0. The van der Waals surface area contributed by atoms with E-state index in [4.69, 9.17) is 4.99 Å². The number of aliphatic imine (C=N–C) groups is 2. The van der Waals surface area contributed by atoms with Crippen LogP contribution in [0.3, 0.4) is 0 Å². The molecule has 0 radical (unpaired) electrons. The lowest BCUT2D eigenvalue weighted by molar-refractivity contribution is -0.126. The van der Waals surface area contributed by atoms with Crippen molar-refractivity contribution >= 4 is 17.6 Å². The van der Waals surface area contributed by atoms with Crippen molar-refractivity contribution in [1.29, 1.82) is 0 Å². The van der Waals surface area contributed by atoms with Crippen molar-refractivity contribution in [2.75, 3.05) is 0 Å². The predicted octanol–water partition coefficient (Wildman–Crippen LogP) is 4.86. The fraction of sp³-hybridized carbons (Fsp3) is 0.480. The topological polar surface area (TPSA) is 45.0 Å². The SMILES string of the molecule is O=C(CC12CC3CC(CC(C3)C1)C2)N=C1N=C2C=CC=CN2Cc2ccccc21. The molecule has 2 aliphatic heterocycles. The van der Waals surface area contributed by atoms with E-state index in [1.54, 1.807) is 0 Å². The van der Waals surface area contributed by atoms with Gasteiger partial charge in [-0.15, -0.1) is 0 Å². The van der Waals surface area contributed by atoms with E-state index < -0.39 is 0 Å². The van der Waals surface area contributed by atoms with E-state index in [2.05, 4.69) is 16.0 Å². The van der Waals surface area contributed by atoms with E-state index in [1.165, 1.54) is 38.5 Å². The second-order valence-corrected chi connectivity index (χ2v) is 9.88. The minimum atomic E-state index is 0.0184. The molecule has 148 valence electrons. The van der Waals surface area contributed by atoms with Gasteiger partial charge in [-0.05, 0) is 79.4 Å². The number of nitrogens with zero attached hydrogens (tertiary/aromatic N) is 3. The van der Waals surface area contributed by atoms with Gasteiger partial charge in [-0.3, -0.25) is 4.79 Å². The second kappa shape index (κ2) is 6.51. The van der Waals surface area contributed by atoms with Gasteiger partial charge in [0.25, 0.3) is 0 Å². The molecule has 4 nitrogen and oxygen atoms in total. The van der Waals surface area contributed by atoms with E-state index in [9.17, 15) is 4.79 Å². The highest BCUT2D eigenvalue weighted by Gasteiger charge is 2.51. The number of benzene rings is 1. The van der Waals surface area contributed by atoms with Crippen LogP contribution in [0.25, 0.3) is 0 Å². The fourth-order valence-electron chi connectivity index (χ4n) is 7.00. The zero-order valence-electron chi connectivity index (χ0n) is 16.8. The van der Waals surface area contributed by atoms with Gasteiger partial charge in [-0.25, -0.2) is 4.99 Å². The van der Waals surface area contributed by atoms with E-state index >= 15 is 0 Å². The van der Waals surface area contributed by atoms with E-state index in [1.807, 2.05) is 42.6 Å². The Morgan fingerprint density at radius 1 is 1.07 bits per heavy atom. The molecule has 0 unspecified atom stereocenters. The molecule has 4 bridgehead atoms. The number of rotatable bonds is 2. The van der Waals surface area contributed by atoms with Crippen molar-refractivity contribution in [3.8, 4) is 0 Å². The third-order valence-electron chi connectivity index (χ3n) is 7.66. The van der Waals surface area contributed by atoms with E-state index in [0.717, 1.165) is 41.3 Å². The second-order valence-electron chi connectivity index (χ2n) is 9.88. The Kier molecular flexibility index (Phi) is 3.90. The highest BCUT2D eigenvalue weighted by molar-refractivity contribution is 6.14. The molecule has 1 amide bonds. The van der Waals surface area contributed by atoms with Crippen molar-refractivity contribution < 1.29 is 4.79 Å². The maximum atomic E-state index is 13.2. The maximum Gasteiger partial charge on any atom is 0.248 e. The van der Waals surface area contributed by atoms with Crippen molar-refractivity contribution in [2.24, 2.45) is 33.2 Å². The van der Waals surface area contributed by atoms with Gasteiger partial charge in [-0.1, -0.05) is 30.3 Å². The van der Waals surface area contributed by atoms with Crippen LogP contribution in [0.1, 0.15) is 56.1 Å². The van der Waals surface area contributed by atoms with Gasteiger partial charge in [0.2, 0.25) is 5.91 Å². The largest absolute Gasteiger partial charge is 0.329 e. The van der Waals surface area contributed by atoms with Crippen LogP contribution >= 0.6 is 0 Å². The lowest BCUT2D eigenvalue weighted by Gasteiger charge is -2.56. The Morgan fingerprint density at radius 2 is 1.79 bits per heavy atom. The minimum Gasteiger partial charge on any atom is -0.329 e. The summed E-state index contributed by atoms with van der Waals surface area (Å²) in [5.74, 6) is 4.01. The average Bonchev–Trinajstić information content (AvgIpc) is 2.83. The summed E-state index contributed by atoms with van der Waals surface area (Å²) < 4.78 is 0. The molecule has 1 aromatic carbocycles. The number of fused-ring (bicyclic) bond motifs is 2. The van der Waals surface area contributed by atoms with Crippen LogP contribution in [0.2, 0.25) is 0 Å². The molecule has 0 aromatic heterocycles. The van der Waals surface area contributed by atoms with Gasteiger partial charge < -0.3 is 4.90 Å². The van der Waals surface area contributed by atoms with Crippen molar-refractivity contribution in [3.63, 3.8) is 0 Å². The van der Waals surface area contributed by atoms with Crippen LogP contribution in [0.5, 0.6) is 0 Å². The third kappa shape index (κ3) is 3.09. The summed E-state index contributed by atoms with van der Waals surface area (Å²) in [4.78, 5) is 24.7. The highest BCUT2D eigenvalue weighted by Crippen LogP contribution is 2.61. The van der Waals surface area contributed by atoms with Gasteiger partial charge in [0.15, 0.2) is 5.84 Å². The molecule has 6 aliphatic rings. The standard InChI is InChI=1S/C25H27N3O/c29-23(15-25-12-17-9-18(13-25)11-19(10-17)14-25)27-24-21-6-2-1-5-20(21)16-28-8-4-3-7-22(28)26-24/h1-8,17-19H,9-16H2. The van der Waals surface area contributed by atoms with Crippen molar-refractivity contribution in [2.45, 2.75) is 51.5 Å². The Labute approximate surface area is 172 Å². The lowest BCUT2D eigenvalue weighted by Crippen LogP contribution is -2.46. The van der Waals surface area contributed by atoms with Crippen LogP contribution in [0, 0.1) is 23.2 Å².